The number of rotatable bonds is 3. The number of benzene rings is 1. The molecule has 1 N–H and O–H groups in total. The molecule has 1 aliphatic rings. The molecular formula is C12H15ClFNS. The molecule has 0 unspecified atom stereocenters. The van der Waals surface area contributed by atoms with Crippen molar-refractivity contribution >= 4 is 23.4 Å². The molecule has 0 atom stereocenters. The van der Waals surface area contributed by atoms with Gasteiger partial charge in [0.1, 0.15) is 5.82 Å². The predicted molar refractivity (Wildman–Crippen MR) is 68.6 cm³/mol. The van der Waals surface area contributed by atoms with Crippen molar-refractivity contribution in [3.63, 3.8) is 0 Å². The Kier molecular flexibility index (Phi) is 4.50. The van der Waals surface area contributed by atoms with Crippen LogP contribution in [0.5, 0.6) is 0 Å². The van der Waals surface area contributed by atoms with Gasteiger partial charge in [0.15, 0.2) is 0 Å². The number of halogens is 2. The lowest BCUT2D eigenvalue weighted by Gasteiger charge is -2.22. The van der Waals surface area contributed by atoms with Crippen LogP contribution in [0.3, 0.4) is 0 Å². The molecule has 4 heteroatoms. The first-order valence-electron chi connectivity index (χ1n) is 5.51. The van der Waals surface area contributed by atoms with Crippen molar-refractivity contribution in [1.82, 2.24) is 5.32 Å². The molecule has 1 aromatic carbocycles. The second-order valence-electron chi connectivity index (χ2n) is 4.00. The highest BCUT2D eigenvalue weighted by molar-refractivity contribution is 7.99. The van der Waals surface area contributed by atoms with Gasteiger partial charge in [-0.15, -0.1) is 0 Å². The normalized spacial score (nSPS) is 17.6. The van der Waals surface area contributed by atoms with Crippen molar-refractivity contribution in [2.45, 2.75) is 25.4 Å². The molecule has 1 aliphatic heterocycles. The van der Waals surface area contributed by atoms with Gasteiger partial charge in [0.2, 0.25) is 0 Å². The summed E-state index contributed by atoms with van der Waals surface area (Å²) < 4.78 is 13.5. The highest BCUT2D eigenvalue weighted by Gasteiger charge is 2.13. The van der Waals surface area contributed by atoms with Gasteiger partial charge >= 0.3 is 0 Å². The van der Waals surface area contributed by atoms with Crippen LogP contribution < -0.4 is 5.32 Å². The summed E-state index contributed by atoms with van der Waals surface area (Å²) in [5, 5.41) is 3.86. The van der Waals surface area contributed by atoms with Crippen LogP contribution in [0.15, 0.2) is 18.2 Å². The largest absolute Gasteiger partial charge is 0.310 e. The summed E-state index contributed by atoms with van der Waals surface area (Å²) in [5.74, 6) is 2.20. The second-order valence-corrected chi connectivity index (χ2v) is 5.66. The molecular weight excluding hydrogens is 245 g/mol. The summed E-state index contributed by atoms with van der Waals surface area (Å²) in [5.41, 5.74) is 0.697. The minimum atomic E-state index is -0.217. The molecule has 1 fully saturated rings. The lowest BCUT2D eigenvalue weighted by atomic mass is 10.1. The molecule has 2 rings (SSSR count). The molecule has 1 heterocycles. The van der Waals surface area contributed by atoms with Crippen LogP contribution in [0, 0.1) is 5.82 Å². The summed E-state index contributed by atoms with van der Waals surface area (Å²) >= 11 is 7.70. The molecule has 0 saturated carbocycles. The van der Waals surface area contributed by atoms with Crippen LogP contribution in [0.4, 0.5) is 4.39 Å². The molecule has 88 valence electrons. The number of thioether (sulfide) groups is 1. The first-order chi connectivity index (χ1) is 7.75. The number of hydrogen-bond donors (Lipinski definition) is 1. The third kappa shape index (κ3) is 3.37. The van der Waals surface area contributed by atoms with Gasteiger partial charge in [0.05, 0.1) is 0 Å². The fourth-order valence-corrected chi connectivity index (χ4v) is 3.09. The zero-order chi connectivity index (χ0) is 11.4. The van der Waals surface area contributed by atoms with E-state index in [2.05, 4.69) is 5.32 Å². The Morgan fingerprint density at radius 3 is 2.81 bits per heavy atom. The van der Waals surface area contributed by atoms with Crippen molar-refractivity contribution in [2.75, 3.05) is 11.5 Å². The molecule has 0 aromatic heterocycles. The van der Waals surface area contributed by atoms with Crippen LogP contribution in [0.2, 0.25) is 5.02 Å². The van der Waals surface area contributed by atoms with Crippen LogP contribution in [-0.2, 0) is 6.54 Å². The first-order valence-corrected chi connectivity index (χ1v) is 7.04. The highest BCUT2D eigenvalue weighted by atomic mass is 35.5. The van der Waals surface area contributed by atoms with Crippen molar-refractivity contribution < 1.29 is 4.39 Å². The lowest BCUT2D eigenvalue weighted by molar-refractivity contribution is 0.473. The van der Waals surface area contributed by atoms with Crippen molar-refractivity contribution in [3.05, 3.63) is 34.6 Å². The van der Waals surface area contributed by atoms with Gasteiger partial charge < -0.3 is 5.32 Å². The summed E-state index contributed by atoms with van der Waals surface area (Å²) in [6.07, 6.45) is 2.36. The third-order valence-corrected chi connectivity index (χ3v) is 4.10. The zero-order valence-electron chi connectivity index (χ0n) is 9.01. The Labute approximate surface area is 105 Å². The summed E-state index contributed by atoms with van der Waals surface area (Å²) in [6.45, 7) is 0.596. The average Bonchev–Trinajstić information content (AvgIpc) is 2.29. The monoisotopic (exact) mass is 259 g/mol. The maximum absolute atomic E-state index is 13.5. The van der Waals surface area contributed by atoms with E-state index in [1.807, 2.05) is 11.8 Å². The number of nitrogens with one attached hydrogen (secondary N) is 1. The Morgan fingerprint density at radius 1 is 1.38 bits per heavy atom. The number of hydrogen-bond acceptors (Lipinski definition) is 2. The second kappa shape index (κ2) is 5.89. The Morgan fingerprint density at radius 2 is 2.12 bits per heavy atom. The van der Waals surface area contributed by atoms with E-state index in [4.69, 9.17) is 11.6 Å². The maximum Gasteiger partial charge on any atom is 0.129 e. The van der Waals surface area contributed by atoms with Gasteiger partial charge in [-0.2, -0.15) is 11.8 Å². The van der Waals surface area contributed by atoms with E-state index in [9.17, 15) is 4.39 Å². The van der Waals surface area contributed by atoms with Crippen LogP contribution in [-0.4, -0.2) is 17.5 Å². The Bertz CT molecular complexity index is 353. The van der Waals surface area contributed by atoms with Crippen LogP contribution in [0.1, 0.15) is 18.4 Å². The van der Waals surface area contributed by atoms with E-state index in [1.54, 1.807) is 12.1 Å². The van der Waals surface area contributed by atoms with Crippen LogP contribution in [0.25, 0.3) is 0 Å². The van der Waals surface area contributed by atoms with Crippen molar-refractivity contribution in [2.24, 2.45) is 0 Å². The van der Waals surface area contributed by atoms with E-state index in [-0.39, 0.29) is 5.82 Å². The summed E-state index contributed by atoms with van der Waals surface area (Å²) in [7, 11) is 0. The van der Waals surface area contributed by atoms with Gasteiger partial charge in [-0.05, 0) is 36.5 Å². The Hall–Kier alpha value is -0.250. The van der Waals surface area contributed by atoms with Crippen molar-refractivity contribution in [3.8, 4) is 0 Å². The average molecular weight is 260 g/mol. The van der Waals surface area contributed by atoms with Gasteiger partial charge in [-0.25, -0.2) is 4.39 Å². The highest BCUT2D eigenvalue weighted by Crippen LogP contribution is 2.18. The summed E-state index contributed by atoms with van der Waals surface area (Å²) in [6, 6.07) is 5.40. The standard InChI is InChI=1S/C12H15ClFNS/c13-10-2-1-9(12(14)7-10)8-15-11-3-5-16-6-4-11/h1-2,7,11,15H,3-6,8H2. The van der Waals surface area contributed by atoms with Crippen molar-refractivity contribution in [1.29, 1.82) is 0 Å². The SMILES string of the molecule is Fc1cc(Cl)ccc1CNC1CCSCC1. The minimum Gasteiger partial charge on any atom is -0.310 e. The molecule has 0 aliphatic carbocycles. The van der Waals surface area contributed by atoms with E-state index in [0.717, 1.165) is 0 Å². The van der Waals surface area contributed by atoms with Gasteiger partial charge in [0.25, 0.3) is 0 Å². The van der Waals surface area contributed by atoms with Gasteiger partial charge in [-0.3, -0.25) is 0 Å². The molecule has 0 bridgehead atoms. The minimum absolute atomic E-state index is 0.217. The van der Waals surface area contributed by atoms with Gasteiger partial charge in [-0.1, -0.05) is 17.7 Å². The zero-order valence-corrected chi connectivity index (χ0v) is 10.6. The van der Waals surface area contributed by atoms with E-state index >= 15 is 0 Å². The quantitative estimate of drug-likeness (QED) is 0.892. The summed E-state index contributed by atoms with van der Waals surface area (Å²) in [4.78, 5) is 0. The van der Waals surface area contributed by atoms with E-state index in [1.165, 1.54) is 30.4 Å². The third-order valence-electron chi connectivity index (χ3n) is 2.82. The van der Waals surface area contributed by atoms with Crippen LogP contribution >= 0.6 is 23.4 Å². The smallest absolute Gasteiger partial charge is 0.129 e. The topological polar surface area (TPSA) is 12.0 Å². The molecule has 1 aromatic rings. The molecule has 0 amide bonds. The molecule has 0 radical (unpaired) electrons. The molecule has 1 saturated heterocycles. The van der Waals surface area contributed by atoms with Gasteiger partial charge in [0, 0.05) is 23.2 Å². The van der Waals surface area contributed by atoms with E-state index in [0.29, 0.717) is 23.2 Å². The molecule has 16 heavy (non-hydrogen) atoms. The Balaban J connectivity index is 1.88. The first kappa shape index (κ1) is 12.2. The van der Waals surface area contributed by atoms with E-state index < -0.39 is 0 Å². The lowest BCUT2D eigenvalue weighted by Crippen LogP contribution is -2.32. The molecule has 1 nitrogen and oxygen atoms in total. The fraction of sp³-hybridized carbons (Fsp3) is 0.500. The molecule has 0 spiro atoms. The fourth-order valence-electron chi connectivity index (χ4n) is 1.82. The maximum atomic E-state index is 13.5. The predicted octanol–water partition coefficient (Wildman–Crippen LogP) is 3.46.